The van der Waals surface area contributed by atoms with Gasteiger partial charge in [0.2, 0.25) is 0 Å². The van der Waals surface area contributed by atoms with Gasteiger partial charge in [-0.05, 0) is 12.0 Å². The molecular weight excluding hydrogens is 215 g/mol. The summed E-state index contributed by atoms with van der Waals surface area (Å²) in [6.45, 7) is 2.16. The largest absolute Gasteiger partial charge is 0.472 e. The van der Waals surface area contributed by atoms with Gasteiger partial charge in [0.25, 0.3) is 0 Å². The average molecular weight is 230 g/mol. The van der Waals surface area contributed by atoms with Crippen LogP contribution < -0.4 is 0 Å². The molecule has 1 aromatic carbocycles. The molecule has 0 saturated carbocycles. The molecule has 84 valence electrons. The Bertz CT molecular complexity index is 325. The molecule has 0 aliphatic carbocycles. The first-order valence-electron chi connectivity index (χ1n) is 4.80. The second-order valence-electron chi connectivity index (χ2n) is 3.06. The van der Waals surface area contributed by atoms with E-state index in [-0.39, 0.29) is 13.2 Å². The highest BCUT2D eigenvalue weighted by Gasteiger charge is 2.19. The summed E-state index contributed by atoms with van der Waals surface area (Å²) < 4.78 is 20.8. The smallest absolute Gasteiger partial charge is 0.302 e. The number of benzene rings is 1. The van der Waals surface area contributed by atoms with E-state index in [1.807, 2.05) is 37.3 Å². The molecule has 0 radical (unpaired) electrons. The van der Waals surface area contributed by atoms with Crippen molar-refractivity contribution >= 4 is 7.82 Å². The van der Waals surface area contributed by atoms with Crippen LogP contribution in [0, 0.1) is 0 Å². The van der Waals surface area contributed by atoms with E-state index in [0.29, 0.717) is 6.42 Å². The van der Waals surface area contributed by atoms with E-state index in [4.69, 9.17) is 4.52 Å². The van der Waals surface area contributed by atoms with Crippen LogP contribution in [0.4, 0.5) is 0 Å². The van der Waals surface area contributed by atoms with Crippen LogP contribution in [-0.4, -0.2) is 11.5 Å². The van der Waals surface area contributed by atoms with E-state index in [1.54, 1.807) is 0 Å². The molecule has 1 N–H and O–H groups in total. The minimum absolute atomic E-state index is 0.0817. The highest BCUT2D eigenvalue weighted by Crippen LogP contribution is 2.43. The SMILES string of the molecule is CCCOP(=O)(O)OCc1ccccc1. The number of phosphoric acid groups is 1. The number of rotatable bonds is 6. The quantitative estimate of drug-likeness (QED) is 0.763. The molecule has 0 amide bonds. The maximum absolute atomic E-state index is 11.3. The molecule has 4 nitrogen and oxygen atoms in total. The van der Waals surface area contributed by atoms with E-state index < -0.39 is 7.82 Å². The molecule has 0 saturated heterocycles. The zero-order chi connectivity index (χ0) is 11.1. The molecule has 0 aliphatic heterocycles. The van der Waals surface area contributed by atoms with Crippen LogP contribution in [0.15, 0.2) is 30.3 Å². The normalized spacial score (nSPS) is 14.8. The molecule has 0 spiro atoms. The maximum Gasteiger partial charge on any atom is 0.472 e. The Labute approximate surface area is 89.5 Å². The number of phosphoric ester groups is 1. The first kappa shape index (κ1) is 12.4. The van der Waals surface area contributed by atoms with Gasteiger partial charge in [-0.1, -0.05) is 37.3 Å². The summed E-state index contributed by atoms with van der Waals surface area (Å²) in [5.41, 5.74) is 0.840. The van der Waals surface area contributed by atoms with Gasteiger partial charge in [-0.15, -0.1) is 0 Å². The molecule has 1 rings (SSSR count). The van der Waals surface area contributed by atoms with Crippen molar-refractivity contribution in [1.82, 2.24) is 0 Å². The minimum atomic E-state index is -3.87. The van der Waals surface area contributed by atoms with Gasteiger partial charge in [-0.3, -0.25) is 9.05 Å². The van der Waals surface area contributed by atoms with Crippen molar-refractivity contribution in [3.05, 3.63) is 35.9 Å². The fraction of sp³-hybridized carbons (Fsp3) is 0.400. The van der Waals surface area contributed by atoms with Crippen LogP contribution in [0.2, 0.25) is 0 Å². The fourth-order valence-corrected chi connectivity index (χ4v) is 1.77. The van der Waals surface area contributed by atoms with E-state index >= 15 is 0 Å². The first-order valence-corrected chi connectivity index (χ1v) is 6.29. The van der Waals surface area contributed by atoms with Crippen LogP contribution in [-0.2, 0) is 20.2 Å². The van der Waals surface area contributed by atoms with Crippen molar-refractivity contribution in [2.75, 3.05) is 6.61 Å². The predicted octanol–water partition coefficient (Wildman–Crippen LogP) is 2.73. The van der Waals surface area contributed by atoms with E-state index in [9.17, 15) is 9.46 Å². The lowest BCUT2D eigenvalue weighted by Crippen LogP contribution is -1.96. The maximum atomic E-state index is 11.3. The Morgan fingerprint density at radius 1 is 1.27 bits per heavy atom. The summed E-state index contributed by atoms with van der Waals surface area (Å²) in [7, 11) is -3.87. The summed E-state index contributed by atoms with van der Waals surface area (Å²) in [6, 6.07) is 9.19. The van der Waals surface area contributed by atoms with Gasteiger partial charge in [-0.25, -0.2) is 4.57 Å². The zero-order valence-electron chi connectivity index (χ0n) is 8.63. The Hall–Kier alpha value is -0.670. The second kappa shape index (κ2) is 6.03. The van der Waals surface area contributed by atoms with Gasteiger partial charge in [0.15, 0.2) is 0 Å². The van der Waals surface area contributed by atoms with Crippen molar-refractivity contribution < 1.29 is 18.5 Å². The highest BCUT2D eigenvalue weighted by molar-refractivity contribution is 7.47. The van der Waals surface area contributed by atoms with Crippen LogP contribution in [0.3, 0.4) is 0 Å². The van der Waals surface area contributed by atoms with Crippen molar-refractivity contribution in [2.45, 2.75) is 20.0 Å². The van der Waals surface area contributed by atoms with Gasteiger partial charge in [-0.2, -0.15) is 0 Å². The summed E-state index contributed by atoms with van der Waals surface area (Å²) >= 11 is 0. The monoisotopic (exact) mass is 230 g/mol. The van der Waals surface area contributed by atoms with Gasteiger partial charge >= 0.3 is 7.82 Å². The molecule has 1 unspecified atom stereocenters. The Morgan fingerprint density at radius 3 is 2.53 bits per heavy atom. The van der Waals surface area contributed by atoms with Crippen molar-refractivity contribution in [3.8, 4) is 0 Å². The van der Waals surface area contributed by atoms with Crippen molar-refractivity contribution in [3.63, 3.8) is 0 Å². The van der Waals surface area contributed by atoms with Crippen LogP contribution in [0.25, 0.3) is 0 Å². The van der Waals surface area contributed by atoms with Gasteiger partial charge in [0, 0.05) is 0 Å². The van der Waals surface area contributed by atoms with Gasteiger partial charge in [0.1, 0.15) is 0 Å². The van der Waals surface area contributed by atoms with Crippen molar-refractivity contribution in [2.24, 2.45) is 0 Å². The Kier molecular flexibility index (Phi) is 4.99. The zero-order valence-corrected chi connectivity index (χ0v) is 9.52. The molecule has 1 aromatic rings. The second-order valence-corrected chi connectivity index (χ2v) is 4.51. The van der Waals surface area contributed by atoms with Gasteiger partial charge in [0.05, 0.1) is 13.2 Å². The summed E-state index contributed by atoms with van der Waals surface area (Å²) in [4.78, 5) is 9.22. The van der Waals surface area contributed by atoms with E-state index in [2.05, 4.69) is 4.52 Å². The molecule has 0 aliphatic rings. The standard InChI is InChI=1S/C10H15O4P/c1-2-8-13-15(11,12)14-9-10-6-4-3-5-7-10/h3-7H,2,8-9H2,1H3,(H,11,12). The molecule has 0 heterocycles. The average Bonchev–Trinajstić information content (AvgIpc) is 2.25. The van der Waals surface area contributed by atoms with Crippen LogP contribution in [0.1, 0.15) is 18.9 Å². The molecule has 0 bridgehead atoms. The van der Waals surface area contributed by atoms with E-state index in [0.717, 1.165) is 5.56 Å². The minimum Gasteiger partial charge on any atom is -0.302 e. The van der Waals surface area contributed by atoms with Crippen LogP contribution in [0.5, 0.6) is 0 Å². The van der Waals surface area contributed by atoms with Gasteiger partial charge < -0.3 is 4.89 Å². The Balaban J connectivity index is 2.39. The third-order valence-corrected chi connectivity index (χ3v) is 2.66. The number of hydrogen-bond donors (Lipinski definition) is 1. The first-order chi connectivity index (χ1) is 7.14. The third-order valence-electron chi connectivity index (χ3n) is 1.70. The summed E-state index contributed by atoms with van der Waals surface area (Å²) in [6.07, 6.45) is 0.680. The lowest BCUT2D eigenvalue weighted by Gasteiger charge is -2.11. The molecule has 0 aromatic heterocycles. The molecule has 5 heteroatoms. The third kappa shape index (κ3) is 5.09. The molecule has 15 heavy (non-hydrogen) atoms. The lowest BCUT2D eigenvalue weighted by atomic mass is 10.2. The molecular formula is C10H15O4P. The fourth-order valence-electron chi connectivity index (χ4n) is 0.974. The number of hydrogen-bond acceptors (Lipinski definition) is 3. The van der Waals surface area contributed by atoms with Crippen LogP contribution >= 0.6 is 7.82 Å². The van der Waals surface area contributed by atoms with E-state index in [1.165, 1.54) is 0 Å². The van der Waals surface area contributed by atoms with Crippen molar-refractivity contribution in [1.29, 1.82) is 0 Å². The topological polar surface area (TPSA) is 55.8 Å². The molecule has 0 fully saturated rings. The summed E-state index contributed by atoms with van der Waals surface area (Å²) in [5, 5.41) is 0. The summed E-state index contributed by atoms with van der Waals surface area (Å²) in [5.74, 6) is 0. The highest BCUT2D eigenvalue weighted by atomic mass is 31.2. The Morgan fingerprint density at radius 2 is 1.93 bits per heavy atom. The predicted molar refractivity (Wildman–Crippen MR) is 57.3 cm³/mol. The lowest BCUT2D eigenvalue weighted by molar-refractivity contribution is 0.143. The molecule has 1 atom stereocenters.